The molecule has 0 saturated heterocycles. The Morgan fingerprint density at radius 3 is 2.42 bits per heavy atom. The molecule has 2 saturated carbocycles. The number of hydrogen-bond acceptors (Lipinski definition) is 2. The SMILES string of the molecule is C=[P+](CC)C[P+](=C)COC12C[C@@H]1[C@@H](C)[C@](C)(O)[C@@H]2C. The zero-order valence-corrected chi connectivity index (χ0v) is 14.5. The smallest absolute Gasteiger partial charge is 0.254 e. The minimum absolute atomic E-state index is 0.0443. The Labute approximate surface area is 119 Å². The number of aliphatic hydroxyl groups is 1. The quantitative estimate of drug-likeness (QED) is 0.760. The molecule has 0 spiro atoms. The highest BCUT2D eigenvalue weighted by molar-refractivity contribution is 7.72. The lowest BCUT2D eigenvalue weighted by Gasteiger charge is -2.32. The van der Waals surface area contributed by atoms with E-state index in [9.17, 15) is 5.11 Å². The van der Waals surface area contributed by atoms with Gasteiger partial charge in [0.15, 0.2) is 7.55 Å². The molecule has 2 aliphatic carbocycles. The molecular formula is C15H28O2P2+2. The highest BCUT2D eigenvalue weighted by atomic mass is 31.2. The molecule has 0 bridgehead atoms. The monoisotopic (exact) mass is 302 g/mol. The molecule has 2 nitrogen and oxygen atoms in total. The highest BCUT2D eigenvalue weighted by Crippen LogP contribution is 2.67. The summed E-state index contributed by atoms with van der Waals surface area (Å²) >= 11 is 0. The van der Waals surface area contributed by atoms with Gasteiger partial charge in [0.1, 0.15) is 13.7 Å². The van der Waals surface area contributed by atoms with Crippen LogP contribution < -0.4 is 0 Å². The third-order valence-electron chi connectivity index (χ3n) is 5.50. The summed E-state index contributed by atoms with van der Waals surface area (Å²) in [5.41, 5.74) is -0.619. The summed E-state index contributed by atoms with van der Waals surface area (Å²) in [6, 6.07) is 0. The van der Waals surface area contributed by atoms with E-state index < -0.39 is 5.60 Å². The van der Waals surface area contributed by atoms with E-state index in [0.717, 1.165) is 18.7 Å². The minimum atomic E-state index is -0.574. The fraction of sp³-hybridized carbons (Fsp3) is 0.867. The van der Waals surface area contributed by atoms with Crippen LogP contribution in [-0.4, -0.2) is 47.3 Å². The van der Waals surface area contributed by atoms with Crippen molar-refractivity contribution in [3.05, 3.63) is 0 Å². The van der Waals surface area contributed by atoms with Crippen molar-refractivity contribution in [3.63, 3.8) is 0 Å². The number of fused-ring (bicyclic) bond motifs is 1. The number of ether oxygens (including phenoxy) is 1. The molecule has 19 heavy (non-hydrogen) atoms. The second-order valence-corrected chi connectivity index (χ2v) is 11.3. The summed E-state index contributed by atoms with van der Waals surface area (Å²) in [7, 11) is -0.395. The first-order chi connectivity index (χ1) is 8.75. The van der Waals surface area contributed by atoms with Crippen LogP contribution >= 0.6 is 15.1 Å². The van der Waals surface area contributed by atoms with Crippen LogP contribution in [0.3, 0.4) is 0 Å². The van der Waals surface area contributed by atoms with Gasteiger partial charge in [0.05, 0.1) is 23.8 Å². The molecule has 2 rings (SSSR count). The molecule has 2 fully saturated rings. The maximum absolute atomic E-state index is 10.5. The lowest BCUT2D eigenvalue weighted by atomic mass is 9.82. The van der Waals surface area contributed by atoms with Gasteiger partial charge in [0, 0.05) is 5.92 Å². The van der Waals surface area contributed by atoms with E-state index in [1.165, 1.54) is 6.16 Å². The van der Waals surface area contributed by atoms with Crippen LogP contribution in [0, 0.1) is 17.8 Å². The van der Waals surface area contributed by atoms with Gasteiger partial charge < -0.3 is 9.84 Å². The molecule has 2 aliphatic rings. The molecule has 0 aliphatic heterocycles. The summed E-state index contributed by atoms with van der Waals surface area (Å²) in [5.74, 6) is 2.28. The van der Waals surface area contributed by atoms with Crippen LogP contribution in [0.5, 0.6) is 0 Å². The first-order valence-corrected chi connectivity index (χ1v) is 11.0. The summed E-state index contributed by atoms with van der Waals surface area (Å²) in [6.45, 7) is 8.49. The van der Waals surface area contributed by atoms with Crippen LogP contribution in [0.15, 0.2) is 0 Å². The predicted octanol–water partition coefficient (Wildman–Crippen LogP) is 3.56. The largest absolute Gasteiger partial charge is 0.389 e. The van der Waals surface area contributed by atoms with E-state index in [4.69, 9.17) is 4.74 Å². The van der Waals surface area contributed by atoms with Crippen molar-refractivity contribution >= 4 is 27.7 Å². The molecule has 0 aromatic carbocycles. The predicted molar refractivity (Wildman–Crippen MR) is 89.2 cm³/mol. The molecule has 3 unspecified atom stereocenters. The standard InChI is InChI=1S/C15H28O2P2/c1-7-18(5)10-19(6)9-17-15-8-13(15)11(2)14(4,16)12(15)3/h11-13,16H,5-10H2,1-4H3/q+2/t11-,12+,13-,14+,15?/m1/s1. The molecule has 1 N–H and O–H groups in total. The molecule has 108 valence electrons. The molecule has 0 aromatic rings. The van der Waals surface area contributed by atoms with E-state index >= 15 is 0 Å². The normalized spacial score (nSPS) is 45.8. The first-order valence-electron chi connectivity index (χ1n) is 7.23. The highest BCUT2D eigenvalue weighted by Gasteiger charge is 2.73. The fourth-order valence-electron chi connectivity index (χ4n) is 3.61. The van der Waals surface area contributed by atoms with Gasteiger partial charge in [-0.2, -0.15) is 0 Å². The Morgan fingerprint density at radius 1 is 1.32 bits per heavy atom. The van der Waals surface area contributed by atoms with Gasteiger partial charge in [0.25, 0.3) is 5.90 Å². The molecule has 0 amide bonds. The van der Waals surface area contributed by atoms with Crippen molar-refractivity contribution in [1.29, 1.82) is 0 Å². The van der Waals surface area contributed by atoms with Gasteiger partial charge in [-0.15, -0.1) is 0 Å². The van der Waals surface area contributed by atoms with Crippen molar-refractivity contribution in [3.8, 4) is 0 Å². The van der Waals surface area contributed by atoms with Gasteiger partial charge in [0.2, 0.25) is 6.35 Å². The molecule has 0 heterocycles. The lowest BCUT2D eigenvalue weighted by Crippen LogP contribution is -2.40. The van der Waals surface area contributed by atoms with Crippen molar-refractivity contribution < 1.29 is 9.84 Å². The molecule has 0 radical (unpaired) electrons. The van der Waals surface area contributed by atoms with Gasteiger partial charge >= 0.3 is 0 Å². The van der Waals surface area contributed by atoms with E-state index in [2.05, 4.69) is 33.4 Å². The Bertz CT molecular complexity index is 405. The Kier molecular flexibility index (Phi) is 4.30. The van der Waals surface area contributed by atoms with Crippen LogP contribution in [-0.2, 0) is 4.74 Å². The van der Waals surface area contributed by atoms with E-state index in [1.807, 2.05) is 6.92 Å². The third kappa shape index (κ3) is 2.58. The second kappa shape index (κ2) is 5.23. The zero-order chi connectivity index (χ0) is 14.4. The van der Waals surface area contributed by atoms with Crippen LogP contribution in [0.25, 0.3) is 0 Å². The van der Waals surface area contributed by atoms with Gasteiger partial charge in [-0.05, 0) is 32.1 Å². The zero-order valence-electron chi connectivity index (χ0n) is 12.7. The Balaban J connectivity index is 1.92. The third-order valence-corrected chi connectivity index (χ3v) is 10.1. The second-order valence-electron chi connectivity index (χ2n) is 6.57. The van der Waals surface area contributed by atoms with Crippen molar-refractivity contribution in [1.82, 2.24) is 0 Å². The van der Waals surface area contributed by atoms with E-state index in [-0.39, 0.29) is 26.6 Å². The maximum atomic E-state index is 10.5. The summed E-state index contributed by atoms with van der Waals surface area (Å²) in [4.78, 5) is 0. The lowest BCUT2D eigenvalue weighted by molar-refractivity contribution is -0.0672. The van der Waals surface area contributed by atoms with Crippen molar-refractivity contribution in [2.45, 2.75) is 45.3 Å². The van der Waals surface area contributed by atoms with Crippen molar-refractivity contribution in [2.75, 3.05) is 18.4 Å². The molecular weight excluding hydrogens is 274 g/mol. The summed E-state index contributed by atoms with van der Waals surface area (Å²) in [6.07, 6.45) is 11.6. The van der Waals surface area contributed by atoms with E-state index in [1.54, 1.807) is 0 Å². The average molecular weight is 302 g/mol. The molecule has 4 heteroatoms. The number of hydrogen-bond donors (Lipinski definition) is 1. The Hall–Kier alpha value is 0.260. The van der Waals surface area contributed by atoms with Crippen LogP contribution in [0.1, 0.15) is 34.1 Å². The summed E-state index contributed by atoms with van der Waals surface area (Å²) < 4.78 is 6.28. The molecule has 0 aromatic heterocycles. The van der Waals surface area contributed by atoms with Gasteiger partial charge in [-0.25, -0.2) is 0 Å². The van der Waals surface area contributed by atoms with Crippen molar-refractivity contribution in [2.24, 2.45) is 17.8 Å². The topological polar surface area (TPSA) is 29.5 Å². The first kappa shape index (κ1) is 15.6. The van der Waals surface area contributed by atoms with Crippen LogP contribution in [0.2, 0.25) is 0 Å². The molecule has 7 atom stereocenters. The number of rotatable bonds is 6. The Morgan fingerprint density at radius 2 is 1.95 bits per heavy atom. The van der Waals surface area contributed by atoms with E-state index in [0.29, 0.717) is 11.8 Å². The van der Waals surface area contributed by atoms with Gasteiger partial charge in [-0.1, -0.05) is 13.8 Å². The van der Waals surface area contributed by atoms with Crippen LogP contribution in [0.4, 0.5) is 0 Å². The van der Waals surface area contributed by atoms with Gasteiger partial charge in [-0.3, -0.25) is 0 Å². The summed E-state index contributed by atoms with van der Waals surface area (Å²) in [5, 5.41) is 10.5. The fourth-order valence-corrected chi connectivity index (χ4v) is 7.42. The average Bonchev–Trinajstić information content (AvgIpc) is 3.06. The maximum Gasteiger partial charge on any atom is 0.254 e. The minimum Gasteiger partial charge on any atom is -0.389 e.